The van der Waals surface area contributed by atoms with Gasteiger partial charge in [-0.15, -0.1) is 0 Å². The number of carbonyl (C=O) groups excluding carboxylic acids is 3. The van der Waals surface area contributed by atoms with E-state index in [0.717, 1.165) is 21.5 Å². The molecule has 136 valence electrons. The fourth-order valence-corrected chi connectivity index (χ4v) is 3.31. The van der Waals surface area contributed by atoms with Gasteiger partial charge < -0.3 is 9.72 Å². The zero-order chi connectivity index (χ0) is 19.0. The number of esters is 1. The molecule has 1 aliphatic rings. The normalized spacial score (nSPS) is 14.5. The van der Waals surface area contributed by atoms with Crippen LogP contribution in [0.4, 0.5) is 0 Å². The first-order valence-corrected chi connectivity index (χ1v) is 8.47. The Bertz CT molecular complexity index is 1020. The molecule has 2 aromatic carbocycles. The highest BCUT2D eigenvalue weighted by Crippen LogP contribution is 2.23. The lowest BCUT2D eigenvalue weighted by Crippen LogP contribution is -2.52. The molecule has 0 fully saturated rings. The van der Waals surface area contributed by atoms with Crippen LogP contribution in [0, 0.1) is 0 Å². The number of nitrogens with zero attached hydrogens (tertiary/aromatic N) is 1. The third-order valence-electron chi connectivity index (χ3n) is 4.66. The molecule has 1 aromatic heterocycles. The predicted octanol–water partition coefficient (Wildman–Crippen LogP) is 2.05. The minimum absolute atomic E-state index is 0.254. The van der Waals surface area contributed by atoms with Crippen molar-refractivity contribution in [2.75, 3.05) is 7.11 Å². The van der Waals surface area contributed by atoms with Crippen molar-refractivity contribution in [3.05, 3.63) is 71.4 Å². The monoisotopic (exact) mass is 363 g/mol. The maximum atomic E-state index is 12.6. The number of aromatic amines is 1. The molecule has 0 aliphatic carbocycles. The fraction of sp³-hybridized carbons (Fsp3) is 0.150. The van der Waals surface area contributed by atoms with Crippen molar-refractivity contribution in [3.63, 3.8) is 0 Å². The molecule has 0 radical (unpaired) electrons. The zero-order valence-electron chi connectivity index (χ0n) is 14.6. The maximum absolute atomic E-state index is 12.6. The van der Waals surface area contributed by atoms with Crippen LogP contribution >= 0.6 is 0 Å². The Morgan fingerprint density at radius 2 is 1.70 bits per heavy atom. The van der Waals surface area contributed by atoms with E-state index in [-0.39, 0.29) is 6.42 Å². The van der Waals surface area contributed by atoms with Gasteiger partial charge in [0.05, 0.1) is 18.2 Å². The summed E-state index contributed by atoms with van der Waals surface area (Å²) in [6.07, 6.45) is 2.06. The van der Waals surface area contributed by atoms with Crippen molar-refractivity contribution >= 4 is 28.7 Å². The largest absolute Gasteiger partial charge is 0.468 e. The van der Waals surface area contributed by atoms with Crippen molar-refractivity contribution in [1.29, 1.82) is 0 Å². The molecule has 0 spiro atoms. The van der Waals surface area contributed by atoms with Crippen LogP contribution in [0.3, 0.4) is 0 Å². The number of hydrazine groups is 1. The molecular formula is C20H17N3O4. The van der Waals surface area contributed by atoms with E-state index in [9.17, 15) is 14.4 Å². The van der Waals surface area contributed by atoms with E-state index in [2.05, 4.69) is 10.4 Å². The van der Waals surface area contributed by atoms with Crippen LogP contribution in [0.5, 0.6) is 0 Å². The molecule has 0 bridgehead atoms. The van der Waals surface area contributed by atoms with Gasteiger partial charge in [0.25, 0.3) is 11.8 Å². The van der Waals surface area contributed by atoms with Crippen molar-refractivity contribution in [2.45, 2.75) is 12.5 Å². The highest BCUT2D eigenvalue weighted by molar-refractivity contribution is 6.21. The summed E-state index contributed by atoms with van der Waals surface area (Å²) >= 11 is 0. The van der Waals surface area contributed by atoms with E-state index in [1.54, 1.807) is 24.3 Å². The Labute approximate surface area is 154 Å². The van der Waals surface area contributed by atoms with Gasteiger partial charge in [0, 0.05) is 23.5 Å². The third kappa shape index (κ3) is 2.88. The zero-order valence-corrected chi connectivity index (χ0v) is 14.6. The molecule has 0 unspecified atom stereocenters. The van der Waals surface area contributed by atoms with Gasteiger partial charge in [0.15, 0.2) is 0 Å². The van der Waals surface area contributed by atoms with Gasteiger partial charge in [0.1, 0.15) is 6.04 Å². The Morgan fingerprint density at radius 3 is 2.37 bits per heavy atom. The SMILES string of the molecule is COC(=O)[C@H](Cc1c[nH]c2ccccc12)NN1C(=O)c2ccccc2C1=O. The van der Waals surface area contributed by atoms with Gasteiger partial charge in [-0.2, -0.15) is 0 Å². The Kier molecular flexibility index (Phi) is 4.21. The molecule has 2 amide bonds. The highest BCUT2D eigenvalue weighted by atomic mass is 16.5. The van der Waals surface area contributed by atoms with Gasteiger partial charge in [-0.25, -0.2) is 10.4 Å². The fourth-order valence-electron chi connectivity index (χ4n) is 3.31. The molecule has 27 heavy (non-hydrogen) atoms. The summed E-state index contributed by atoms with van der Waals surface area (Å²) in [5.74, 6) is -1.52. The molecule has 7 nitrogen and oxygen atoms in total. The summed E-state index contributed by atoms with van der Waals surface area (Å²) in [4.78, 5) is 40.6. The smallest absolute Gasteiger partial charge is 0.325 e. The maximum Gasteiger partial charge on any atom is 0.325 e. The Hall–Kier alpha value is -3.45. The van der Waals surface area contributed by atoms with Gasteiger partial charge in [-0.3, -0.25) is 14.4 Å². The number of imide groups is 1. The lowest BCUT2D eigenvalue weighted by molar-refractivity contribution is -0.144. The molecule has 0 saturated heterocycles. The molecule has 4 rings (SSSR count). The summed E-state index contributed by atoms with van der Waals surface area (Å²) in [7, 11) is 1.27. The topological polar surface area (TPSA) is 91.5 Å². The first-order chi connectivity index (χ1) is 13.1. The van der Waals surface area contributed by atoms with Gasteiger partial charge in [-0.05, 0) is 23.8 Å². The highest BCUT2D eigenvalue weighted by Gasteiger charge is 2.38. The summed E-state index contributed by atoms with van der Waals surface area (Å²) in [6, 6.07) is 13.4. The third-order valence-corrected chi connectivity index (χ3v) is 4.66. The number of carbonyl (C=O) groups is 3. The van der Waals surface area contributed by atoms with Crippen LogP contribution in [0.15, 0.2) is 54.7 Å². The summed E-state index contributed by atoms with van der Waals surface area (Å²) < 4.78 is 4.87. The number of fused-ring (bicyclic) bond motifs is 2. The number of methoxy groups -OCH3 is 1. The molecule has 1 atom stereocenters. The Morgan fingerprint density at radius 1 is 1.07 bits per heavy atom. The minimum atomic E-state index is -0.892. The molecular weight excluding hydrogens is 346 g/mol. The van der Waals surface area contributed by atoms with Crippen molar-refractivity contribution < 1.29 is 19.1 Å². The van der Waals surface area contributed by atoms with E-state index in [1.807, 2.05) is 30.5 Å². The molecule has 3 aromatic rings. The number of benzene rings is 2. The van der Waals surface area contributed by atoms with Gasteiger partial charge in [-0.1, -0.05) is 30.3 Å². The van der Waals surface area contributed by atoms with E-state index < -0.39 is 23.8 Å². The number of hydrogen-bond donors (Lipinski definition) is 2. The van der Waals surface area contributed by atoms with E-state index >= 15 is 0 Å². The predicted molar refractivity (Wildman–Crippen MR) is 97.9 cm³/mol. The second-order valence-corrected chi connectivity index (χ2v) is 6.26. The molecule has 0 saturated carbocycles. The number of hydrogen-bond acceptors (Lipinski definition) is 5. The Balaban J connectivity index is 1.61. The first kappa shape index (κ1) is 17.0. The summed E-state index contributed by atoms with van der Waals surface area (Å²) in [5, 5.41) is 1.86. The van der Waals surface area contributed by atoms with Crippen LogP contribution in [0.25, 0.3) is 10.9 Å². The number of para-hydroxylation sites is 1. The van der Waals surface area contributed by atoms with Gasteiger partial charge in [0.2, 0.25) is 0 Å². The van der Waals surface area contributed by atoms with Crippen molar-refractivity contribution in [2.24, 2.45) is 0 Å². The molecule has 1 aliphatic heterocycles. The van der Waals surface area contributed by atoms with E-state index in [0.29, 0.717) is 11.1 Å². The molecule has 2 heterocycles. The standard InChI is InChI=1S/C20H17N3O4/c1-27-20(26)17(10-12-11-21-16-9-5-4-6-13(12)16)22-23-18(24)14-7-2-3-8-15(14)19(23)25/h2-9,11,17,21-22H,10H2,1H3/t17-/m0/s1. The second-order valence-electron chi connectivity index (χ2n) is 6.26. The van der Waals surface area contributed by atoms with E-state index in [4.69, 9.17) is 4.74 Å². The molecule has 2 N–H and O–H groups in total. The number of H-pyrrole nitrogens is 1. The van der Waals surface area contributed by atoms with Crippen molar-refractivity contribution in [3.8, 4) is 0 Å². The lowest BCUT2D eigenvalue weighted by Gasteiger charge is -2.22. The van der Waals surface area contributed by atoms with Crippen molar-refractivity contribution in [1.82, 2.24) is 15.4 Å². The van der Waals surface area contributed by atoms with E-state index in [1.165, 1.54) is 7.11 Å². The average Bonchev–Trinajstić information content (AvgIpc) is 3.22. The van der Waals surface area contributed by atoms with Crippen LogP contribution in [-0.4, -0.2) is 40.9 Å². The number of aromatic nitrogens is 1. The number of ether oxygens (including phenoxy) is 1. The number of amides is 2. The molecule has 7 heteroatoms. The lowest BCUT2D eigenvalue weighted by atomic mass is 10.1. The minimum Gasteiger partial charge on any atom is -0.468 e. The van der Waals surface area contributed by atoms with Crippen LogP contribution < -0.4 is 5.43 Å². The first-order valence-electron chi connectivity index (χ1n) is 8.47. The van der Waals surface area contributed by atoms with Crippen LogP contribution in [-0.2, 0) is 16.0 Å². The van der Waals surface area contributed by atoms with Crippen LogP contribution in [0.1, 0.15) is 26.3 Å². The summed E-state index contributed by atoms with van der Waals surface area (Å²) in [5.41, 5.74) is 5.20. The average molecular weight is 363 g/mol. The summed E-state index contributed by atoms with van der Waals surface area (Å²) in [6.45, 7) is 0. The number of nitrogens with one attached hydrogen (secondary N) is 2. The van der Waals surface area contributed by atoms with Gasteiger partial charge >= 0.3 is 5.97 Å². The number of rotatable bonds is 5. The van der Waals surface area contributed by atoms with Crippen LogP contribution in [0.2, 0.25) is 0 Å². The second kappa shape index (κ2) is 6.69. The quantitative estimate of drug-likeness (QED) is 0.535.